The molecule has 0 radical (unpaired) electrons. The van der Waals surface area contributed by atoms with Crippen molar-refractivity contribution in [3.05, 3.63) is 76.5 Å². The Hall–Kier alpha value is -3.25. The van der Waals surface area contributed by atoms with E-state index in [4.69, 9.17) is 0 Å². The van der Waals surface area contributed by atoms with Crippen LogP contribution in [0, 0.1) is 25.2 Å². The molecule has 2 aromatic heterocycles. The zero-order valence-corrected chi connectivity index (χ0v) is 19.5. The number of fused-ring (bicyclic) bond motifs is 1. The number of nitriles is 1. The fraction of sp³-hybridized carbons (Fsp3) is 0.167. The van der Waals surface area contributed by atoms with Crippen molar-refractivity contribution >= 4 is 44.9 Å². The number of nitrogens with one attached hydrogen (secondary N) is 2. The minimum Gasteiger partial charge on any atom is -0.322 e. The summed E-state index contributed by atoms with van der Waals surface area (Å²) < 4.78 is 1.75. The van der Waals surface area contributed by atoms with E-state index in [0.29, 0.717) is 28.4 Å². The minimum atomic E-state index is -0.138. The van der Waals surface area contributed by atoms with Gasteiger partial charge in [-0.05, 0) is 74.1 Å². The number of hydrogen-bond acceptors (Lipinski definition) is 7. The van der Waals surface area contributed by atoms with Crippen LogP contribution in [0.5, 0.6) is 0 Å². The van der Waals surface area contributed by atoms with Crippen LogP contribution in [0.15, 0.2) is 57.9 Å². The number of rotatable bonds is 6. The molecule has 32 heavy (non-hydrogen) atoms. The highest BCUT2D eigenvalue weighted by Gasteiger charge is 2.15. The van der Waals surface area contributed by atoms with Crippen molar-refractivity contribution in [3.8, 4) is 6.07 Å². The molecule has 0 bridgehead atoms. The normalized spacial score (nSPS) is 10.8. The molecule has 0 aliphatic heterocycles. The number of anilines is 1. The molecule has 0 aliphatic carbocycles. The van der Waals surface area contributed by atoms with Crippen molar-refractivity contribution in [1.29, 1.82) is 5.26 Å². The first kappa shape index (κ1) is 22.0. The molecule has 0 aliphatic rings. The van der Waals surface area contributed by atoms with Crippen molar-refractivity contribution in [2.45, 2.75) is 29.8 Å². The molecule has 0 spiro atoms. The van der Waals surface area contributed by atoms with Gasteiger partial charge in [0.2, 0.25) is 0 Å². The van der Waals surface area contributed by atoms with E-state index in [1.165, 1.54) is 23.1 Å². The topological polar surface area (TPSA) is 90.7 Å². The van der Waals surface area contributed by atoms with Crippen molar-refractivity contribution < 1.29 is 4.79 Å². The zero-order chi connectivity index (χ0) is 22.7. The molecule has 0 atom stereocenters. The number of nitrogens with zero attached hydrogens (tertiary/aromatic N) is 3. The Balaban J connectivity index is 1.60. The predicted octanol–water partition coefficient (Wildman–Crippen LogP) is 5.30. The lowest BCUT2D eigenvalue weighted by atomic mass is 10.1. The first-order valence-corrected chi connectivity index (χ1v) is 11.6. The van der Waals surface area contributed by atoms with Gasteiger partial charge in [0.15, 0.2) is 4.34 Å². The Bertz CT molecular complexity index is 1360. The first-order chi connectivity index (χ1) is 15.5. The van der Waals surface area contributed by atoms with E-state index in [1.807, 2.05) is 69.4 Å². The second kappa shape index (κ2) is 9.49. The number of carbonyl (C=O) groups excluding carboxylic acids is 1. The summed E-state index contributed by atoms with van der Waals surface area (Å²) in [4.78, 5) is 21.9. The van der Waals surface area contributed by atoms with Gasteiger partial charge >= 0.3 is 0 Å². The number of carbonyl (C=O) groups is 1. The van der Waals surface area contributed by atoms with E-state index in [-0.39, 0.29) is 5.91 Å². The quantitative estimate of drug-likeness (QED) is 0.406. The van der Waals surface area contributed by atoms with E-state index in [0.717, 1.165) is 31.4 Å². The molecule has 2 N–H and O–H groups in total. The summed E-state index contributed by atoms with van der Waals surface area (Å²) in [5.41, 5.74) is 5.49. The molecular weight excluding hydrogens is 438 g/mol. The van der Waals surface area contributed by atoms with Crippen LogP contribution in [0.25, 0.3) is 10.2 Å². The number of pyridine rings is 1. The Morgan fingerprint density at radius 1 is 1.16 bits per heavy atom. The Kier molecular flexibility index (Phi) is 6.51. The first-order valence-electron chi connectivity index (χ1n) is 9.99. The van der Waals surface area contributed by atoms with Crippen LogP contribution in [0.2, 0.25) is 0 Å². The van der Waals surface area contributed by atoms with Crippen molar-refractivity contribution in [1.82, 2.24) is 15.3 Å². The number of hydrogen-bond donors (Lipinski definition) is 2. The highest BCUT2D eigenvalue weighted by atomic mass is 32.2. The molecule has 0 saturated carbocycles. The SMILES string of the molecule is CNCc1cc(C)nc(Sc2nc3ccc(NC(=O)c4ccccc4C)cc3s2)c1C#N. The summed E-state index contributed by atoms with van der Waals surface area (Å²) in [6.45, 7) is 4.44. The molecule has 0 saturated heterocycles. The zero-order valence-electron chi connectivity index (χ0n) is 17.9. The fourth-order valence-corrected chi connectivity index (χ4v) is 5.55. The molecule has 2 heterocycles. The Morgan fingerprint density at radius 2 is 1.97 bits per heavy atom. The van der Waals surface area contributed by atoms with Crippen molar-refractivity contribution in [2.75, 3.05) is 12.4 Å². The van der Waals surface area contributed by atoms with Gasteiger partial charge in [-0.1, -0.05) is 18.2 Å². The van der Waals surface area contributed by atoms with E-state index in [2.05, 4.69) is 26.7 Å². The summed E-state index contributed by atoms with van der Waals surface area (Å²) in [6, 6.07) is 17.4. The van der Waals surface area contributed by atoms with Gasteiger partial charge in [-0.3, -0.25) is 4.79 Å². The van der Waals surface area contributed by atoms with E-state index >= 15 is 0 Å². The highest BCUT2D eigenvalue weighted by Crippen LogP contribution is 2.36. The maximum atomic E-state index is 12.6. The van der Waals surface area contributed by atoms with Gasteiger partial charge in [0.05, 0.1) is 15.8 Å². The van der Waals surface area contributed by atoms with Crippen LogP contribution in [-0.4, -0.2) is 22.9 Å². The van der Waals surface area contributed by atoms with Crippen LogP contribution < -0.4 is 10.6 Å². The lowest BCUT2D eigenvalue weighted by Gasteiger charge is -2.08. The van der Waals surface area contributed by atoms with Gasteiger partial charge in [-0.15, -0.1) is 11.3 Å². The Labute approximate surface area is 194 Å². The summed E-state index contributed by atoms with van der Waals surface area (Å²) in [5, 5.41) is 16.4. The maximum Gasteiger partial charge on any atom is 0.255 e. The van der Waals surface area contributed by atoms with Crippen LogP contribution >= 0.6 is 23.1 Å². The van der Waals surface area contributed by atoms with Crippen LogP contribution in [0.1, 0.15) is 32.7 Å². The second-order valence-corrected chi connectivity index (χ2v) is 9.55. The standard InChI is InChI=1S/C24H21N5OS2/c1-14-6-4-5-7-18(14)22(30)28-17-8-9-20-21(11-17)31-24(29-20)32-23-19(12-25)16(13-26-3)10-15(2)27-23/h4-11,26H,13H2,1-3H3,(H,28,30). The molecule has 6 nitrogen and oxygen atoms in total. The predicted molar refractivity (Wildman–Crippen MR) is 129 cm³/mol. The molecular formula is C24H21N5OS2. The summed E-state index contributed by atoms with van der Waals surface area (Å²) >= 11 is 2.91. The molecule has 8 heteroatoms. The number of aryl methyl sites for hydroxylation is 2. The highest BCUT2D eigenvalue weighted by molar-refractivity contribution is 8.01. The molecule has 0 unspecified atom stereocenters. The van der Waals surface area contributed by atoms with Crippen molar-refractivity contribution in [3.63, 3.8) is 0 Å². The van der Waals surface area contributed by atoms with Gasteiger partial charge in [0.25, 0.3) is 5.91 Å². The number of benzene rings is 2. The molecule has 1 amide bonds. The third kappa shape index (κ3) is 4.65. The molecule has 0 fully saturated rings. The summed E-state index contributed by atoms with van der Waals surface area (Å²) in [6.07, 6.45) is 0. The number of aromatic nitrogens is 2. The van der Waals surface area contributed by atoms with Gasteiger partial charge in [-0.2, -0.15) is 5.26 Å². The van der Waals surface area contributed by atoms with E-state index in [1.54, 1.807) is 0 Å². The maximum absolute atomic E-state index is 12.6. The molecule has 2 aromatic carbocycles. The van der Waals surface area contributed by atoms with Gasteiger partial charge in [0.1, 0.15) is 11.1 Å². The van der Waals surface area contributed by atoms with Crippen LogP contribution in [0.3, 0.4) is 0 Å². The van der Waals surface area contributed by atoms with Crippen LogP contribution in [0.4, 0.5) is 5.69 Å². The Morgan fingerprint density at radius 3 is 2.72 bits per heavy atom. The van der Waals surface area contributed by atoms with Crippen molar-refractivity contribution in [2.24, 2.45) is 0 Å². The number of thiazole rings is 1. The third-order valence-corrected chi connectivity index (χ3v) is 6.94. The molecule has 4 rings (SSSR count). The summed E-state index contributed by atoms with van der Waals surface area (Å²) in [7, 11) is 1.85. The average molecular weight is 460 g/mol. The smallest absolute Gasteiger partial charge is 0.255 e. The number of amides is 1. The van der Waals surface area contributed by atoms with E-state index < -0.39 is 0 Å². The third-order valence-electron chi connectivity index (χ3n) is 4.88. The minimum absolute atomic E-state index is 0.138. The summed E-state index contributed by atoms with van der Waals surface area (Å²) in [5.74, 6) is -0.138. The van der Waals surface area contributed by atoms with Gasteiger partial charge in [-0.25, -0.2) is 9.97 Å². The second-order valence-electron chi connectivity index (χ2n) is 7.28. The van der Waals surface area contributed by atoms with Gasteiger partial charge in [0, 0.05) is 23.5 Å². The van der Waals surface area contributed by atoms with Gasteiger partial charge < -0.3 is 10.6 Å². The van der Waals surface area contributed by atoms with E-state index in [9.17, 15) is 10.1 Å². The lowest BCUT2D eigenvalue weighted by Crippen LogP contribution is -2.13. The average Bonchev–Trinajstić information content (AvgIpc) is 3.15. The van der Waals surface area contributed by atoms with Crippen LogP contribution in [-0.2, 0) is 6.54 Å². The monoisotopic (exact) mass is 459 g/mol. The largest absolute Gasteiger partial charge is 0.322 e. The lowest BCUT2D eigenvalue weighted by molar-refractivity contribution is 0.102. The molecule has 4 aromatic rings. The fourth-order valence-electron chi connectivity index (χ4n) is 3.37. The molecule has 160 valence electrons.